The first-order valence-electron chi connectivity index (χ1n) is 4.00. The summed E-state index contributed by atoms with van der Waals surface area (Å²) < 4.78 is 13.5. The highest BCUT2D eigenvalue weighted by molar-refractivity contribution is 5.90. The Bertz CT molecular complexity index is 275. The molecule has 0 aliphatic heterocycles. The van der Waals surface area contributed by atoms with Crippen molar-refractivity contribution in [3.05, 3.63) is 23.8 Å². The zero-order chi connectivity index (χ0) is 9.90. The van der Waals surface area contributed by atoms with Crippen LogP contribution >= 0.6 is 12.4 Å². The number of rotatable bonds is 3. The van der Waals surface area contributed by atoms with E-state index < -0.39 is 11.6 Å². The van der Waals surface area contributed by atoms with E-state index in [4.69, 9.17) is 10.2 Å². The summed E-state index contributed by atoms with van der Waals surface area (Å²) in [4.78, 5) is 10.4. The number of carboxylic acid groups (broad SMARTS) is 1. The van der Waals surface area contributed by atoms with Crippen LogP contribution in [0, 0.1) is 0 Å². The van der Waals surface area contributed by atoms with E-state index in [1.54, 1.807) is 0 Å². The summed E-state index contributed by atoms with van der Waals surface area (Å²) in [5.74, 6) is -1.05. The molecule has 0 radical (unpaired) electrons. The fourth-order valence-electron chi connectivity index (χ4n) is 1.18. The van der Waals surface area contributed by atoms with E-state index in [1.165, 1.54) is 18.2 Å². The van der Waals surface area contributed by atoms with Gasteiger partial charge in [0.05, 0.1) is 5.57 Å². The molecule has 1 atom stereocenters. The number of aliphatic hydroxyl groups is 1. The number of aliphatic hydroxyl groups excluding tert-OH is 1. The standard InChI is InChI=1S/C9H11FO3.ClH/c10-9(5-6-11)3-1-7(2-4-9)8(12)13;/h1-3,11H,4-6H2,(H,12,13);1H. The summed E-state index contributed by atoms with van der Waals surface area (Å²) in [6.45, 7) is -0.239. The summed E-state index contributed by atoms with van der Waals surface area (Å²) in [6.07, 6.45) is 3.80. The van der Waals surface area contributed by atoms with Gasteiger partial charge in [-0.15, -0.1) is 12.4 Å². The van der Waals surface area contributed by atoms with E-state index >= 15 is 0 Å². The largest absolute Gasteiger partial charge is 0.478 e. The number of halogens is 2. The molecule has 0 saturated carbocycles. The van der Waals surface area contributed by atoms with Gasteiger partial charge in [0.1, 0.15) is 5.67 Å². The molecule has 0 saturated heterocycles. The fourth-order valence-corrected chi connectivity index (χ4v) is 1.18. The predicted molar refractivity (Wildman–Crippen MR) is 52.3 cm³/mol. The Morgan fingerprint density at radius 1 is 1.64 bits per heavy atom. The van der Waals surface area contributed by atoms with Crippen molar-refractivity contribution in [3.63, 3.8) is 0 Å². The average molecular weight is 223 g/mol. The third-order valence-electron chi connectivity index (χ3n) is 2.00. The molecule has 0 aromatic rings. The Labute approximate surface area is 87.3 Å². The van der Waals surface area contributed by atoms with Crippen molar-refractivity contribution in [2.75, 3.05) is 6.61 Å². The Morgan fingerprint density at radius 2 is 2.29 bits per heavy atom. The highest BCUT2D eigenvalue weighted by atomic mass is 35.5. The third kappa shape index (κ3) is 3.12. The zero-order valence-corrected chi connectivity index (χ0v) is 8.26. The van der Waals surface area contributed by atoms with Crippen LogP contribution in [0.5, 0.6) is 0 Å². The molecule has 3 nitrogen and oxygen atoms in total. The number of hydrogen-bond donors (Lipinski definition) is 2. The Balaban J connectivity index is 0.00000169. The lowest BCUT2D eigenvalue weighted by molar-refractivity contribution is -0.132. The molecule has 1 aliphatic carbocycles. The maximum atomic E-state index is 13.5. The highest BCUT2D eigenvalue weighted by Crippen LogP contribution is 2.28. The second-order valence-corrected chi connectivity index (χ2v) is 3.01. The van der Waals surface area contributed by atoms with Crippen molar-refractivity contribution in [1.29, 1.82) is 0 Å². The van der Waals surface area contributed by atoms with Crippen molar-refractivity contribution in [3.8, 4) is 0 Å². The first kappa shape index (κ1) is 13.1. The van der Waals surface area contributed by atoms with Crippen LogP contribution in [-0.2, 0) is 4.79 Å². The van der Waals surface area contributed by atoms with Gasteiger partial charge in [0, 0.05) is 19.4 Å². The third-order valence-corrected chi connectivity index (χ3v) is 2.00. The normalized spacial score (nSPS) is 25.1. The van der Waals surface area contributed by atoms with Crippen LogP contribution in [0.3, 0.4) is 0 Å². The minimum Gasteiger partial charge on any atom is -0.478 e. The van der Waals surface area contributed by atoms with Crippen LogP contribution in [0.2, 0.25) is 0 Å². The van der Waals surface area contributed by atoms with Crippen LogP contribution in [0.25, 0.3) is 0 Å². The fraction of sp³-hybridized carbons (Fsp3) is 0.444. The van der Waals surface area contributed by atoms with Crippen LogP contribution < -0.4 is 0 Å². The van der Waals surface area contributed by atoms with Gasteiger partial charge in [-0.25, -0.2) is 9.18 Å². The van der Waals surface area contributed by atoms with E-state index in [0.717, 1.165) is 0 Å². The van der Waals surface area contributed by atoms with Crippen molar-refractivity contribution >= 4 is 18.4 Å². The van der Waals surface area contributed by atoms with Crippen LogP contribution in [0.15, 0.2) is 23.8 Å². The topological polar surface area (TPSA) is 57.5 Å². The van der Waals surface area contributed by atoms with Gasteiger partial charge in [-0.3, -0.25) is 0 Å². The Kier molecular flexibility index (Phi) is 4.80. The first-order valence-corrected chi connectivity index (χ1v) is 4.00. The lowest BCUT2D eigenvalue weighted by atomic mass is 9.91. The van der Waals surface area contributed by atoms with Gasteiger partial charge in [-0.05, 0) is 12.2 Å². The van der Waals surface area contributed by atoms with Crippen LogP contribution in [0.4, 0.5) is 4.39 Å². The molecule has 0 fully saturated rings. The van der Waals surface area contributed by atoms with E-state index in [2.05, 4.69) is 0 Å². The van der Waals surface area contributed by atoms with Crippen molar-refractivity contribution in [2.24, 2.45) is 0 Å². The number of carboxylic acids is 1. The minimum absolute atomic E-state index is 0. The number of allylic oxidation sites excluding steroid dienone is 2. The average Bonchev–Trinajstić information content (AvgIpc) is 2.05. The first-order chi connectivity index (χ1) is 6.07. The molecule has 1 unspecified atom stereocenters. The SMILES string of the molecule is Cl.O=C(O)C1=CCC(F)(CCO)C=C1. The van der Waals surface area contributed by atoms with E-state index in [9.17, 15) is 9.18 Å². The van der Waals surface area contributed by atoms with Crippen LogP contribution in [0.1, 0.15) is 12.8 Å². The zero-order valence-electron chi connectivity index (χ0n) is 7.44. The van der Waals surface area contributed by atoms with Crippen LogP contribution in [-0.4, -0.2) is 28.5 Å². The molecule has 0 spiro atoms. The molecule has 5 heteroatoms. The molecule has 0 aromatic carbocycles. The Hall–Kier alpha value is -0.870. The molecule has 0 heterocycles. The predicted octanol–water partition coefficient (Wildman–Crippen LogP) is 1.47. The highest BCUT2D eigenvalue weighted by Gasteiger charge is 2.27. The summed E-state index contributed by atoms with van der Waals surface area (Å²) >= 11 is 0. The summed E-state index contributed by atoms with van der Waals surface area (Å²) in [6, 6.07) is 0. The lowest BCUT2D eigenvalue weighted by Crippen LogP contribution is -2.23. The van der Waals surface area contributed by atoms with Gasteiger partial charge in [-0.2, -0.15) is 0 Å². The molecule has 80 valence electrons. The van der Waals surface area contributed by atoms with E-state index in [0.29, 0.717) is 0 Å². The molecule has 0 aromatic heterocycles. The quantitative estimate of drug-likeness (QED) is 0.760. The number of carbonyl (C=O) groups is 1. The van der Waals surface area contributed by atoms with Crippen molar-refractivity contribution in [1.82, 2.24) is 0 Å². The number of aliphatic carboxylic acids is 1. The smallest absolute Gasteiger partial charge is 0.335 e. The lowest BCUT2D eigenvalue weighted by Gasteiger charge is -2.21. The molecule has 0 bridgehead atoms. The minimum atomic E-state index is -1.58. The molecule has 1 aliphatic rings. The number of alkyl halides is 1. The van der Waals surface area contributed by atoms with Gasteiger partial charge >= 0.3 is 5.97 Å². The van der Waals surface area contributed by atoms with E-state index in [-0.39, 0.29) is 37.4 Å². The monoisotopic (exact) mass is 222 g/mol. The second kappa shape index (κ2) is 5.12. The van der Waals surface area contributed by atoms with Gasteiger partial charge in [0.2, 0.25) is 0 Å². The van der Waals surface area contributed by atoms with E-state index in [1.807, 2.05) is 0 Å². The maximum Gasteiger partial charge on any atom is 0.335 e. The number of hydrogen-bond acceptors (Lipinski definition) is 2. The Morgan fingerprint density at radius 3 is 2.64 bits per heavy atom. The van der Waals surface area contributed by atoms with Crippen molar-refractivity contribution < 1.29 is 19.4 Å². The molecule has 2 N–H and O–H groups in total. The van der Waals surface area contributed by atoms with Gasteiger partial charge < -0.3 is 10.2 Å². The van der Waals surface area contributed by atoms with Crippen molar-refractivity contribution in [2.45, 2.75) is 18.5 Å². The molecule has 0 amide bonds. The molecule has 14 heavy (non-hydrogen) atoms. The van der Waals surface area contributed by atoms with Gasteiger partial charge in [0.25, 0.3) is 0 Å². The molecular formula is C9H12ClFO3. The summed E-state index contributed by atoms with van der Waals surface area (Å²) in [7, 11) is 0. The summed E-state index contributed by atoms with van der Waals surface area (Å²) in [5.41, 5.74) is -1.47. The molecule has 1 rings (SSSR count). The molecular weight excluding hydrogens is 211 g/mol. The maximum absolute atomic E-state index is 13.5. The van der Waals surface area contributed by atoms with Gasteiger partial charge in [-0.1, -0.05) is 6.08 Å². The van der Waals surface area contributed by atoms with Gasteiger partial charge in [0.15, 0.2) is 0 Å². The second-order valence-electron chi connectivity index (χ2n) is 3.01. The summed E-state index contributed by atoms with van der Waals surface area (Å²) in [5, 5.41) is 17.1.